The fourth-order valence-corrected chi connectivity index (χ4v) is 1.17. The first kappa shape index (κ1) is 7.40. The van der Waals surface area contributed by atoms with E-state index in [1.54, 1.807) is 13.0 Å². The molecule has 0 saturated carbocycles. The molecule has 1 aliphatic heterocycles. The molecule has 0 aliphatic carbocycles. The molecular weight excluding hydrogens is 159 g/mol. The van der Waals surface area contributed by atoms with Crippen LogP contribution in [0.5, 0.6) is 11.5 Å². The van der Waals surface area contributed by atoms with Gasteiger partial charge >= 0.3 is 0 Å². The molecule has 0 radical (unpaired) electrons. The zero-order valence-corrected chi connectivity index (χ0v) is 6.76. The van der Waals surface area contributed by atoms with E-state index in [1.807, 2.05) is 0 Å². The van der Waals surface area contributed by atoms with Crippen LogP contribution in [-0.4, -0.2) is 13.2 Å². The Morgan fingerprint density at radius 1 is 1.17 bits per heavy atom. The van der Waals surface area contributed by atoms with Gasteiger partial charge in [-0.15, -0.1) is 0 Å². The fourth-order valence-electron chi connectivity index (χ4n) is 1.17. The Labute approximate surface area is 69.9 Å². The first-order chi connectivity index (χ1) is 5.77. The summed E-state index contributed by atoms with van der Waals surface area (Å²) in [6.45, 7) is 2.74. The van der Waals surface area contributed by atoms with Crippen LogP contribution in [0.25, 0.3) is 0 Å². The molecule has 12 heavy (non-hydrogen) atoms. The summed E-state index contributed by atoms with van der Waals surface area (Å²) in [5, 5.41) is 0. The van der Waals surface area contributed by atoms with Crippen LogP contribution in [0.3, 0.4) is 0 Å². The van der Waals surface area contributed by atoms with E-state index in [2.05, 4.69) is 0 Å². The number of aryl methyl sites for hydroxylation is 1. The predicted molar refractivity (Wildman–Crippen MR) is 42.1 cm³/mol. The molecule has 64 valence electrons. The van der Waals surface area contributed by atoms with E-state index >= 15 is 0 Å². The van der Waals surface area contributed by atoms with Crippen LogP contribution in [0.1, 0.15) is 5.56 Å². The summed E-state index contributed by atoms with van der Waals surface area (Å²) in [6, 6.07) is 3.02. The van der Waals surface area contributed by atoms with E-state index in [9.17, 15) is 4.39 Å². The molecule has 2 nitrogen and oxygen atoms in total. The molecule has 0 unspecified atom stereocenters. The van der Waals surface area contributed by atoms with Gasteiger partial charge in [-0.1, -0.05) is 0 Å². The van der Waals surface area contributed by atoms with Gasteiger partial charge in [0.05, 0.1) is 0 Å². The van der Waals surface area contributed by atoms with Crippen molar-refractivity contribution in [1.29, 1.82) is 0 Å². The van der Waals surface area contributed by atoms with Gasteiger partial charge in [0.2, 0.25) is 0 Å². The van der Waals surface area contributed by atoms with Gasteiger partial charge in [0.15, 0.2) is 11.5 Å². The maximum Gasteiger partial charge on any atom is 0.164 e. The topological polar surface area (TPSA) is 18.5 Å². The van der Waals surface area contributed by atoms with E-state index in [-0.39, 0.29) is 5.82 Å². The van der Waals surface area contributed by atoms with Crippen LogP contribution in [0.4, 0.5) is 4.39 Å². The average molecular weight is 168 g/mol. The van der Waals surface area contributed by atoms with Crippen molar-refractivity contribution in [3.05, 3.63) is 23.5 Å². The number of ether oxygens (including phenoxy) is 2. The molecule has 2 rings (SSSR count). The quantitative estimate of drug-likeness (QED) is 0.589. The average Bonchev–Trinajstić information content (AvgIpc) is 2.07. The highest BCUT2D eigenvalue weighted by Crippen LogP contribution is 2.31. The van der Waals surface area contributed by atoms with Crippen molar-refractivity contribution in [3.8, 4) is 11.5 Å². The summed E-state index contributed by atoms with van der Waals surface area (Å²) in [6.07, 6.45) is 0. The molecule has 1 aromatic carbocycles. The van der Waals surface area contributed by atoms with Crippen molar-refractivity contribution in [2.24, 2.45) is 0 Å². The highest BCUT2D eigenvalue weighted by molar-refractivity contribution is 5.44. The van der Waals surface area contributed by atoms with E-state index < -0.39 is 0 Å². The highest BCUT2D eigenvalue weighted by atomic mass is 19.1. The summed E-state index contributed by atoms with van der Waals surface area (Å²) >= 11 is 0. The standard InChI is InChI=1S/C9H9FO2/c1-6-4-8-9(5-7(6)10)12-3-2-11-8/h4-5H,2-3H2,1H3. The summed E-state index contributed by atoms with van der Waals surface area (Å²) < 4.78 is 23.4. The van der Waals surface area contributed by atoms with Crippen molar-refractivity contribution in [2.45, 2.75) is 6.92 Å². The number of rotatable bonds is 0. The third kappa shape index (κ3) is 1.11. The van der Waals surface area contributed by atoms with Gasteiger partial charge in [-0.2, -0.15) is 0 Å². The second kappa shape index (κ2) is 2.66. The molecular formula is C9H9FO2. The number of fused-ring (bicyclic) bond motifs is 1. The lowest BCUT2D eigenvalue weighted by molar-refractivity contribution is 0.170. The van der Waals surface area contributed by atoms with E-state index in [1.165, 1.54) is 6.07 Å². The Morgan fingerprint density at radius 3 is 2.42 bits per heavy atom. The van der Waals surface area contributed by atoms with Crippen LogP contribution in [0.15, 0.2) is 12.1 Å². The SMILES string of the molecule is Cc1cc2c(cc1F)OCCO2. The molecule has 0 amide bonds. The lowest BCUT2D eigenvalue weighted by Crippen LogP contribution is -2.15. The van der Waals surface area contributed by atoms with E-state index in [0.717, 1.165) is 0 Å². The Balaban J connectivity index is 2.49. The molecule has 1 aliphatic rings. The molecule has 0 atom stereocenters. The lowest BCUT2D eigenvalue weighted by Gasteiger charge is -2.18. The zero-order valence-electron chi connectivity index (χ0n) is 6.76. The lowest BCUT2D eigenvalue weighted by atomic mass is 10.2. The maximum absolute atomic E-state index is 13.0. The van der Waals surface area contributed by atoms with E-state index in [0.29, 0.717) is 30.3 Å². The molecule has 0 spiro atoms. The molecule has 1 aromatic rings. The zero-order chi connectivity index (χ0) is 8.55. The predicted octanol–water partition coefficient (Wildman–Crippen LogP) is 1.91. The normalized spacial score (nSPS) is 14.5. The monoisotopic (exact) mass is 168 g/mol. The Hall–Kier alpha value is -1.25. The number of benzene rings is 1. The van der Waals surface area contributed by atoms with Crippen LogP contribution < -0.4 is 9.47 Å². The van der Waals surface area contributed by atoms with Crippen molar-refractivity contribution >= 4 is 0 Å². The first-order valence-corrected chi connectivity index (χ1v) is 3.83. The number of hydrogen-bond donors (Lipinski definition) is 0. The molecule has 0 N–H and O–H groups in total. The number of hydrogen-bond acceptors (Lipinski definition) is 2. The molecule has 0 fully saturated rings. The Kier molecular flexibility index (Phi) is 1.64. The van der Waals surface area contributed by atoms with Gasteiger partial charge in [0.1, 0.15) is 19.0 Å². The largest absolute Gasteiger partial charge is 0.486 e. The van der Waals surface area contributed by atoms with Crippen LogP contribution in [-0.2, 0) is 0 Å². The van der Waals surface area contributed by atoms with Gasteiger partial charge in [0.25, 0.3) is 0 Å². The second-order valence-electron chi connectivity index (χ2n) is 2.75. The molecule has 3 heteroatoms. The second-order valence-corrected chi connectivity index (χ2v) is 2.75. The molecule has 0 aromatic heterocycles. The highest BCUT2D eigenvalue weighted by Gasteiger charge is 2.13. The van der Waals surface area contributed by atoms with Crippen molar-refractivity contribution in [3.63, 3.8) is 0 Å². The van der Waals surface area contributed by atoms with Crippen LogP contribution >= 0.6 is 0 Å². The number of halogens is 1. The molecule has 1 heterocycles. The van der Waals surface area contributed by atoms with Crippen LogP contribution in [0.2, 0.25) is 0 Å². The Morgan fingerprint density at radius 2 is 1.75 bits per heavy atom. The smallest absolute Gasteiger partial charge is 0.164 e. The minimum absolute atomic E-state index is 0.251. The molecule has 0 saturated heterocycles. The minimum atomic E-state index is -0.251. The molecule has 0 bridgehead atoms. The summed E-state index contributed by atoms with van der Waals surface area (Å²) in [7, 11) is 0. The van der Waals surface area contributed by atoms with E-state index in [4.69, 9.17) is 9.47 Å². The van der Waals surface area contributed by atoms with Crippen LogP contribution in [0, 0.1) is 12.7 Å². The summed E-state index contributed by atoms with van der Waals surface area (Å²) in [4.78, 5) is 0. The summed E-state index contributed by atoms with van der Waals surface area (Å²) in [5.74, 6) is 0.892. The Bertz CT molecular complexity index is 279. The third-order valence-electron chi connectivity index (χ3n) is 1.82. The van der Waals surface area contributed by atoms with Crippen molar-refractivity contribution in [2.75, 3.05) is 13.2 Å². The van der Waals surface area contributed by atoms with Gasteiger partial charge < -0.3 is 9.47 Å². The third-order valence-corrected chi connectivity index (χ3v) is 1.82. The first-order valence-electron chi connectivity index (χ1n) is 3.83. The van der Waals surface area contributed by atoms with Gasteiger partial charge in [-0.05, 0) is 18.6 Å². The van der Waals surface area contributed by atoms with Crippen molar-refractivity contribution in [1.82, 2.24) is 0 Å². The summed E-state index contributed by atoms with van der Waals surface area (Å²) in [5.41, 5.74) is 0.583. The fraction of sp³-hybridized carbons (Fsp3) is 0.333. The van der Waals surface area contributed by atoms with Gasteiger partial charge in [-0.3, -0.25) is 0 Å². The maximum atomic E-state index is 13.0. The van der Waals surface area contributed by atoms with Gasteiger partial charge in [0, 0.05) is 6.07 Å². The van der Waals surface area contributed by atoms with Gasteiger partial charge in [-0.25, -0.2) is 4.39 Å². The minimum Gasteiger partial charge on any atom is -0.486 e. The van der Waals surface area contributed by atoms with Crippen molar-refractivity contribution < 1.29 is 13.9 Å².